The molecule has 1 saturated heterocycles. The van der Waals surface area contributed by atoms with Gasteiger partial charge in [-0.2, -0.15) is 0 Å². The number of hydrogen-bond donors (Lipinski definition) is 3. The molecule has 0 unspecified atom stereocenters. The Labute approximate surface area is 71.2 Å². The highest BCUT2D eigenvalue weighted by atomic mass is 31.2. The maximum atomic E-state index is 10.8. The Balaban J connectivity index is 2.69. The normalized spacial score (nSPS) is 25.7. The third-order valence-corrected chi connectivity index (χ3v) is 3.86. The van der Waals surface area contributed by atoms with E-state index in [9.17, 15) is 9.67 Å². The first-order valence-electron chi connectivity index (χ1n) is 3.82. The van der Waals surface area contributed by atoms with Crippen molar-refractivity contribution in [2.45, 2.75) is 18.2 Å². The lowest BCUT2D eigenvalue weighted by atomic mass is 10.1. The Morgan fingerprint density at radius 1 is 1.33 bits per heavy atom. The molecule has 1 aliphatic heterocycles. The summed E-state index contributed by atoms with van der Waals surface area (Å²) in [7, 11) is -2.49. The predicted molar refractivity (Wildman–Crippen MR) is 43.7 cm³/mol. The van der Waals surface area contributed by atoms with Gasteiger partial charge in [0.2, 0.25) is 0 Å². The molecule has 12 heavy (non-hydrogen) atoms. The molecular formula is C6H14NO4P. The highest BCUT2D eigenvalue weighted by Crippen LogP contribution is 2.53. The van der Waals surface area contributed by atoms with Gasteiger partial charge in [-0.15, -0.1) is 0 Å². The molecule has 0 atom stereocenters. The van der Waals surface area contributed by atoms with Gasteiger partial charge < -0.3 is 19.8 Å². The van der Waals surface area contributed by atoms with Crippen molar-refractivity contribution in [2.24, 2.45) is 0 Å². The van der Waals surface area contributed by atoms with Crippen molar-refractivity contribution in [1.29, 1.82) is 0 Å². The number of hydrogen-bond acceptors (Lipinski definition) is 3. The first kappa shape index (κ1) is 10.2. The fourth-order valence-electron chi connectivity index (χ4n) is 1.27. The zero-order chi connectivity index (χ0) is 9.41. The quantitative estimate of drug-likeness (QED) is 0.495. The number of nitrogens with zero attached hydrogens (tertiary/aromatic N) is 1. The summed E-state index contributed by atoms with van der Waals surface area (Å²) in [6.45, 7) is 1.06. The third-order valence-electron chi connectivity index (χ3n) is 2.33. The number of aliphatic hydroxyl groups is 1. The van der Waals surface area contributed by atoms with Crippen LogP contribution in [0.25, 0.3) is 0 Å². The van der Waals surface area contributed by atoms with Crippen LogP contribution >= 0.6 is 7.60 Å². The van der Waals surface area contributed by atoms with Crippen LogP contribution in [0.3, 0.4) is 0 Å². The Hall–Kier alpha value is 0.0700. The second-order valence-corrected chi connectivity index (χ2v) is 5.25. The summed E-state index contributed by atoms with van der Waals surface area (Å²) in [4.78, 5) is 19.6. The van der Waals surface area contributed by atoms with Crippen molar-refractivity contribution in [3.05, 3.63) is 0 Å². The summed E-state index contributed by atoms with van der Waals surface area (Å²) < 4.78 is 10.8. The highest BCUT2D eigenvalue weighted by Gasteiger charge is 2.46. The summed E-state index contributed by atoms with van der Waals surface area (Å²) in [5.41, 5.74) is 0. The van der Waals surface area contributed by atoms with Crippen molar-refractivity contribution in [2.75, 3.05) is 20.1 Å². The van der Waals surface area contributed by atoms with Gasteiger partial charge in [-0.1, -0.05) is 0 Å². The van der Waals surface area contributed by atoms with Crippen LogP contribution in [0.2, 0.25) is 0 Å². The monoisotopic (exact) mass is 195 g/mol. The maximum Gasteiger partial charge on any atom is 0.356 e. The third kappa shape index (κ3) is 1.87. The molecule has 0 aromatic carbocycles. The van der Waals surface area contributed by atoms with Gasteiger partial charge in [0.05, 0.1) is 0 Å². The fraction of sp³-hybridized carbons (Fsp3) is 1.00. The Kier molecular flexibility index (Phi) is 2.61. The van der Waals surface area contributed by atoms with E-state index in [4.69, 9.17) is 9.79 Å². The SMILES string of the molecule is CN1CCC(O)(P(=O)(O)O)CC1. The van der Waals surface area contributed by atoms with Gasteiger partial charge >= 0.3 is 7.60 Å². The van der Waals surface area contributed by atoms with Crippen LogP contribution in [0.1, 0.15) is 12.8 Å². The zero-order valence-corrected chi connectivity index (χ0v) is 7.87. The molecule has 1 aliphatic rings. The van der Waals surface area contributed by atoms with Gasteiger partial charge in [-0.3, -0.25) is 4.57 Å². The minimum Gasteiger partial charge on any atom is -0.377 e. The van der Waals surface area contributed by atoms with Gasteiger partial charge in [0, 0.05) is 25.9 Å². The average Bonchev–Trinajstić information content (AvgIpc) is 1.93. The molecule has 0 bridgehead atoms. The molecule has 1 fully saturated rings. The second kappa shape index (κ2) is 3.09. The summed E-state index contributed by atoms with van der Waals surface area (Å²) in [5.74, 6) is 0. The standard InChI is InChI=1S/C6H14NO4P/c1-7-4-2-6(8,3-5-7)12(9,10)11/h8H,2-5H2,1H3,(H2,9,10,11). The van der Waals surface area contributed by atoms with Crippen LogP contribution in [-0.4, -0.2) is 45.3 Å². The van der Waals surface area contributed by atoms with E-state index in [1.807, 2.05) is 11.9 Å². The molecule has 0 aromatic rings. The van der Waals surface area contributed by atoms with E-state index >= 15 is 0 Å². The maximum absolute atomic E-state index is 10.8. The average molecular weight is 195 g/mol. The summed E-state index contributed by atoms with van der Waals surface area (Å²) in [5, 5.41) is 7.76. The van der Waals surface area contributed by atoms with Crippen LogP contribution in [-0.2, 0) is 4.57 Å². The van der Waals surface area contributed by atoms with Gasteiger partial charge in [-0.05, 0) is 7.05 Å². The Morgan fingerprint density at radius 2 is 1.75 bits per heavy atom. The lowest BCUT2D eigenvalue weighted by molar-refractivity contribution is 0.0318. The van der Waals surface area contributed by atoms with Crippen LogP contribution < -0.4 is 0 Å². The van der Waals surface area contributed by atoms with E-state index < -0.39 is 12.9 Å². The molecule has 5 nitrogen and oxygen atoms in total. The fourth-order valence-corrected chi connectivity index (χ4v) is 2.05. The van der Waals surface area contributed by atoms with Gasteiger partial charge in [0.25, 0.3) is 0 Å². The second-order valence-electron chi connectivity index (χ2n) is 3.33. The molecule has 3 N–H and O–H groups in total. The Bertz CT molecular complexity index is 206. The molecular weight excluding hydrogens is 181 g/mol. The minimum absolute atomic E-state index is 0.147. The lowest BCUT2D eigenvalue weighted by Crippen LogP contribution is -2.42. The van der Waals surface area contributed by atoms with E-state index in [-0.39, 0.29) is 12.8 Å². The molecule has 1 rings (SSSR count). The molecule has 6 heteroatoms. The van der Waals surface area contributed by atoms with E-state index in [1.165, 1.54) is 0 Å². The number of rotatable bonds is 1. The van der Waals surface area contributed by atoms with Crippen molar-refractivity contribution in [1.82, 2.24) is 4.90 Å². The number of piperidine rings is 1. The van der Waals surface area contributed by atoms with Crippen LogP contribution in [0.4, 0.5) is 0 Å². The van der Waals surface area contributed by atoms with Crippen molar-refractivity contribution in [3.63, 3.8) is 0 Å². The van der Waals surface area contributed by atoms with Gasteiger partial charge in [0.15, 0.2) is 5.34 Å². The predicted octanol–water partition coefficient (Wildman–Crippen LogP) is -0.422. The molecule has 0 radical (unpaired) electrons. The topological polar surface area (TPSA) is 81.0 Å². The largest absolute Gasteiger partial charge is 0.377 e. The van der Waals surface area contributed by atoms with E-state index in [1.54, 1.807) is 0 Å². The van der Waals surface area contributed by atoms with Crippen molar-refractivity contribution < 1.29 is 19.5 Å². The van der Waals surface area contributed by atoms with Gasteiger partial charge in [0.1, 0.15) is 0 Å². The number of likely N-dealkylation sites (tertiary alicyclic amines) is 1. The van der Waals surface area contributed by atoms with Crippen LogP contribution in [0.15, 0.2) is 0 Å². The van der Waals surface area contributed by atoms with Gasteiger partial charge in [-0.25, -0.2) is 0 Å². The Morgan fingerprint density at radius 3 is 2.08 bits per heavy atom. The van der Waals surface area contributed by atoms with Crippen LogP contribution in [0, 0.1) is 0 Å². The smallest absolute Gasteiger partial charge is 0.356 e. The first-order valence-corrected chi connectivity index (χ1v) is 5.43. The molecule has 0 aromatic heterocycles. The zero-order valence-electron chi connectivity index (χ0n) is 6.97. The lowest BCUT2D eigenvalue weighted by Gasteiger charge is -2.36. The molecule has 0 aliphatic carbocycles. The first-order chi connectivity index (χ1) is 5.35. The minimum atomic E-state index is -4.35. The van der Waals surface area contributed by atoms with Crippen molar-refractivity contribution >= 4 is 7.60 Å². The van der Waals surface area contributed by atoms with Crippen LogP contribution in [0.5, 0.6) is 0 Å². The van der Waals surface area contributed by atoms with E-state index in [0.717, 1.165) is 0 Å². The van der Waals surface area contributed by atoms with E-state index in [0.29, 0.717) is 13.1 Å². The van der Waals surface area contributed by atoms with E-state index in [2.05, 4.69) is 0 Å². The molecule has 72 valence electrons. The molecule has 0 saturated carbocycles. The summed E-state index contributed by atoms with van der Waals surface area (Å²) >= 11 is 0. The molecule has 1 heterocycles. The summed E-state index contributed by atoms with van der Waals surface area (Å²) in [6.07, 6.45) is 0.293. The summed E-state index contributed by atoms with van der Waals surface area (Å²) in [6, 6.07) is 0. The molecule has 0 amide bonds. The highest BCUT2D eigenvalue weighted by molar-refractivity contribution is 7.53. The van der Waals surface area contributed by atoms with Crippen molar-refractivity contribution in [3.8, 4) is 0 Å². The molecule has 0 spiro atoms.